The highest BCUT2D eigenvalue weighted by Crippen LogP contribution is 2.25. The number of anilines is 1. The third-order valence-corrected chi connectivity index (χ3v) is 4.33. The van der Waals surface area contributed by atoms with Crippen LogP contribution in [-0.4, -0.2) is 24.6 Å². The van der Waals surface area contributed by atoms with Gasteiger partial charge in [0.25, 0.3) is 5.91 Å². The van der Waals surface area contributed by atoms with Crippen LogP contribution in [0.4, 0.5) is 14.5 Å². The van der Waals surface area contributed by atoms with Crippen LogP contribution in [0.3, 0.4) is 0 Å². The number of carbonyl (C=O) groups excluding carboxylic acids is 2. The van der Waals surface area contributed by atoms with Crippen LogP contribution in [0.1, 0.15) is 34.8 Å². The van der Waals surface area contributed by atoms with E-state index in [-0.39, 0.29) is 11.3 Å². The topological polar surface area (TPSA) is 64.6 Å². The number of rotatable bonds is 6. The summed E-state index contributed by atoms with van der Waals surface area (Å²) >= 11 is 0. The Labute approximate surface area is 155 Å². The highest BCUT2D eigenvalue weighted by molar-refractivity contribution is 5.97. The largest absolute Gasteiger partial charge is 0.449 e. The summed E-state index contributed by atoms with van der Waals surface area (Å²) in [5.41, 5.74) is 3.32. The molecule has 2 aromatic rings. The lowest BCUT2D eigenvalue weighted by molar-refractivity contribution is -0.123. The number of amides is 1. The van der Waals surface area contributed by atoms with E-state index in [1.54, 1.807) is 0 Å². The molecular formula is C20H19F2NO4. The van der Waals surface area contributed by atoms with Crippen molar-refractivity contribution in [1.82, 2.24) is 0 Å². The van der Waals surface area contributed by atoms with E-state index < -0.39 is 24.6 Å². The van der Waals surface area contributed by atoms with Gasteiger partial charge in [-0.1, -0.05) is 6.07 Å². The van der Waals surface area contributed by atoms with Crippen LogP contribution < -0.4 is 10.1 Å². The van der Waals surface area contributed by atoms with Gasteiger partial charge in [0.05, 0.1) is 5.56 Å². The maximum absolute atomic E-state index is 12.3. The smallest absolute Gasteiger partial charge is 0.387 e. The lowest BCUT2D eigenvalue weighted by Gasteiger charge is -2.14. The van der Waals surface area contributed by atoms with Crippen LogP contribution in [-0.2, 0) is 22.4 Å². The molecule has 0 aliphatic heterocycles. The lowest BCUT2D eigenvalue weighted by atomic mass is 10.1. The highest BCUT2D eigenvalue weighted by atomic mass is 19.3. The molecule has 0 aromatic heterocycles. The Morgan fingerprint density at radius 1 is 1.04 bits per heavy atom. The summed E-state index contributed by atoms with van der Waals surface area (Å²) in [5, 5.41) is 2.74. The zero-order valence-corrected chi connectivity index (χ0v) is 14.7. The Bertz CT molecular complexity index is 836. The van der Waals surface area contributed by atoms with Crippen molar-refractivity contribution in [3.05, 3.63) is 59.2 Å². The summed E-state index contributed by atoms with van der Waals surface area (Å²) < 4.78 is 33.6. The molecule has 1 N–H and O–H groups in total. The van der Waals surface area contributed by atoms with Crippen LogP contribution in [0.2, 0.25) is 0 Å². The Hall–Kier alpha value is -2.96. The quantitative estimate of drug-likeness (QED) is 0.777. The minimum atomic E-state index is -2.94. The van der Waals surface area contributed by atoms with Gasteiger partial charge in [0.1, 0.15) is 5.75 Å². The first-order valence-electron chi connectivity index (χ1n) is 8.61. The van der Waals surface area contributed by atoms with Gasteiger partial charge in [-0.25, -0.2) is 4.79 Å². The van der Waals surface area contributed by atoms with Crippen molar-refractivity contribution < 1.29 is 27.8 Å². The van der Waals surface area contributed by atoms with Gasteiger partial charge < -0.3 is 14.8 Å². The molecule has 0 fully saturated rings. The second-order valence-corrected chi connectivity index (χ2v) is 6.28. The molecule has 0 heterocycles. The lowest BCUT2D eigenvalue weighted by Crippen LogP contribution is -2.30. The second-order valence-electron chi connectivity index (χ2n) is 6.28. The SMILES string of the molecule is C[C@@H](OC(=O)c1ccc(OC(F)F)cc1)C(=O)Nc1ccc2c(c1)CCC2. The second kappa shape index (κ2) is 8.16. The van der Waals surface area contributed by atoms with Gasteiger partial charge in [0.15, 0.2) is 6.10 Å². The third-order valence-electron chi connectivity index (χ3n) is 4.33. The number of nitrogens with one attached hydrogen (secondary N) is 1. The Morgan fingerprint density at radius 3 is 2.44 bits per heavy atom. The summed E-state index contributed by atoms with van der Waals surface area (Å²) in [6.07, 6.45) is 2.15. The number of hydrogen-bond donors (Lipinski definition) is 1. The summed E-state index contributed by atoms with van der Waals surface area (Å²) in [5.74, 6) is -1.24. The fraction of sp³-hybridized carbons (Fsp3) is 0.300. The predicted octanol–water partition coefficient (Wildman–Crippen LogP) is 3.96. The van der Waals surface area contributed by atoms with E-state index in [1.165, 1.54) is 42.3 Å². The van der Waals surface area contributed by atoms with E-state index in [1.807, 2.05) is 18.2 Å². The van der Waals surface area contributed by atoms with Gasteiger partial charge in [-0.2, -0.15) is 8.78 Å². The van der Waals surface area contributed by atoms with Crippen LogP contribution in [0.15, 0.2) is 42.5 Å². The zero-order chi connectivity index (χ0) is 19.4. The highest BCUT2D eigenvalue weighted by Gasteiger charge is 2.20. The van der Waals surface area contributed by atoms with Crippen LogP contribution in [0.5, 0.6) is 5.75 Å². The normalized spacial score (nSPS) is 13.8. The summed E-state index contributed by atoms with van der Waals surface area (Å²) in [7, 11) is 0. The van der Waals surface area contributed by atoms with E-state index in [0.29, 0.717) is 5.69 Å². The molecule has 0 bridgehead atoms. The molecule has 0 spiro atoms. The van der Waals surface area contributed by atoms with Crippen molar-refractivity contribution in [1.29, 1.82) is 0 Å². The molecule has 1 aliphatic carbocycles. The maximum Gasteiger partial charge on any atom is 0.387 e. The van der Waals surface area contributed by atoms with Gasteiger partial charge in [0.2, 0.25) is 0 Å². The van der Waals surface area contributed by atoms with Gasteiger partial charge in [-0.05, 0) is 73.7 Å². The fourth-order valence-corrected chi connectivity index (χ4v) is 2.95. The molecule has 0 unspecified atom stereocenters. The Morgan fingerprint density at radius 2 is 1.74 bits per heavy atom. The molecule has 0 saturated carbocycles. The number of halogens is 2. The summed E-state index contributed by atoms with van der Waals surface area (Å²) in [6, 6.07) is 10.8. The summed E-state index contributed by atoms with van der Waals surface area (Å²) in [4.78, 5) is 24.4. The van der Waals surface area contributed by atoms with Crippen molar-refractivity contribution in [3.8, 4) is 5.75 Å². The minimum absolute atomic E-state index is 0.0658. The van der Waals surface area contributed by atoms with E-state index in [2.05, 4.69) is 10.1 Å². The number of ether oxygens (including phenoxy) is 2. The van der Waals surface area contributed by atoms with Gasteiger partial charge in [-0.3, -0.25) is 4.79 Å². The van der Waals surface area contributed by atoms with E-state index in [4.69, 9.17) is 4.74 Å². The average Bonchev–Trinajstić information content (AvgIpc) is 3.09. The predicted molar refractivity (Wildman–Crippen MR) is 95.0 cm³/mol. The molecule has 142 valence electrons. The molecule has 1 amide bonds. The fourth-order valence-electron chi connectivity index (χ4n) is 2.95. The van der Waals surface area contributed by atoms with Crippen molar-refractivity contribution in [2.24, 2.45) is 0 Å². The molecule has 1 aliphatic rings. The molecule has 0 radical (unpaired) electrons. The molecule has 0 saturated heterocycles. The molecule has 7 heteroatoms. The van der Waals surface area contributed by atoms with Gasteiger partial charge >= 0.3 is 12.6 Å². The molecule has 5 nitrogen and oxygen atoms in total. The number of aryl methyl sites for hydroxylation is 2. The number of alkyl halides is 2. The minimum Gasteiger partial charge on any atom is -0.449 e. The number of carbonyl (C=O) groups is 2. The van der Waals surface area contributed by atoms with Crippen LogP contribution in [0.25, 0.3) is 0 Å². The molecule has 2 aromatic carbocycles. The number of fused-ring (bicyclic) bond motifs is 1. The standard InChI is InChI=1S/C20H19F2NO4/c1-12(18(24)23-16-8-5-13-3-2-4-15(13)11-16)26-19(25)14-6-9-17(10-7-14)27-20(21)22/h5-12,20H,2-4H2,1H3,(H,23,24)/t12-/m1/s1. The first-order valence-corrected chi connectivity index (χ1v) is 8.61. The van der Waals surface area contributed by atoms with Crippen molar-refractivity contribution >= 4 is 17.6 Å². The van der Waals surface area contributed by atoms with Gasteiger partial charge in [0, 0.05) is 5.69 Å². The molecular weight excluding hydrogens is 356 g/mol. The monoisotopic (exact) mass is 375 g/mol. The van der Waals surface area contributed by atoms with Crippen molar-refractivity contribution in [2.75, 3.05) is 5.32 Å². The average molecular weight is 375 g/mol. The first kappa shape index (κ1) is 18.8. The first-order chi connectivity index (χ1) is 12.9. The zero-order valence-electron chi connectivity index (χ0n) is 14.7. The Kier molecular flexibility index (Phi) is 5.69. The van der Waals surface area contributed by atoms with E-state index >= 15 is 0 Å². The number of benzene rings is 2. The molecule has 27 heavy (non-hydrogen) atoms. The van der Waals surface area contributed by atoms with E-state index in [0.717, 1.165) is 19.3 Å². The van der Waals surface area contributed by atoms with Crippen LogP contribution >= 0.6 is 0 Å². The van der Waals surface area contributed by atoms with Crippen LogP contribution in [0, 0.1) is 0 Å². The summed E-state index contributed by atoms with van der Waals surface area (Å²) in [6.45, 7) is -1.47. The number of esters is 1. The molecule has 3 rings (SSSR count). The van der Waals surface area contributed by atoms with Gasteiger partial charge in [-0.15, -0.1) is 0 Å². The van der Waals surface area contributed by atoms with E-state index in [9.17, 15) is 18.4 Å². The Balaban J connectivity index is 1.56. The number of hydrogen-bond acceptors (Lipinski definition) is 4. The molecule has 1 atom stereocenters. The van der Waals surface area contributed by atoms with Crippen molar-refractivity contribution in [3.63, 3.8) is 0 Å². The third kappa shape index (κ3) is 4.81. The van der Waals surface area contributed by atoms with Crippen molar-refractivity contribution in [2.45, 2.75) is 38.9 Å². The maximum atomic E-state index is 12.3.